The maximum absolute atomic E-state index is 9.28. The molecule has 3 aromatic rings. The van der Waals surface area contributed by atoms with E-state index in [0.717, 1.165) is 34.0 Å². The second-order valence-electron chi connectivity index (χ2n) is 6.67. The van der Waals surface area contributed by atoms with Crippen molar-refractivity contribution in [2.75, 3.05) is 5.32 Å². The zero-order valence-corrected chi connectivity index (χ0v) is 14.2. The number of benzene rings is 2. The number of hydrogen-bond acceptors (Lipinski definition) is 4. The maximum atomic E-state index is 9.28. The van der Waals surface area contributed by atoms with Crippen molar-refractivity contribution in [1.29, 1.82) is 0 Å². The molecule has 25 heavy (non-hydrogen) atoms. The van der Waals surface area contributed by atoms with Crippen molar-refractivity contribution in [2.24, 2.45) is 0 Å². The highest BCUT2D eigenvalue weighted by Gasteiger charge is 2.27. The number of aliphatic hydroxyl groups excluding tert-OH is 1. The molecule has 0 amide bonds. The Hall–Kier alpha value is -2.66. The largest absolute Gasteiger partial charge is 0.392 e. The molecular weight excluding hydrogens is 312 g/mol. The second-order valence-corrected chi connectivity index (χ2v) is 6.67. The highest BCUT2D eigenvalue weighted by molar-refractivity contribution is 5.60. The van der Waals surface area contributed by atoms with E-state index >= 15 is 0 Å². The van der Waals surface area contributed by atoms with Crippen LogP contribution >= 0.6 is 0 Å². The summed E-state index contributed by atoms with van der Waals surface area (Å²) in [7, 11) is 0. The van der Waals surface area contributed by atoms with Gasteiger partial charge in [0.25, 0.3) is 0 Å². The summed E-state index contributed by atoms with van der Waals surface area (Å²) in [5.41, 5.74) is 4.14. The van der Waals surface area contributed by atoms with Crippen molar-refractivity contribution in [2.45, 2.75) is 38.3 Å². The number of rotatable bonds is 6. The highest BCUT2D eigenvalue weighted by atomic mass is 16.3. The van der Waals surface area contributed by atoms with E-state index < -0.39 is 0 Å². The fraction of sp³-hybridized carbons (Fsp3) is 0.300. The van der Waals surface area contributed by atoms with Gasteiger partial charge < -0.3 is 10.4 Å². The standard InChI is InChI=1S/C20H22N4O/c1-13(17-4-2-3-14(11-17)12-25)21-18-9-7-16(8-10-18)20-22-19(23-24-20)15-5-6-15/h2-4,7-11,13,15,21,25H,5-6,12H2,1H3,(H,22,23,24). The highest BCUT2D eigenvalue weighted by Crippen LogP contribution is 2.38. The van der Waals surface area contributed by atoms with Gasteiger partial charge in [0.1, 0.15) is 5.82 Å². The van der Waals surface area contributed by atoms with Gasteiger partial charge in [-0.15, -0.1) is 0 Å². The molecule has 1 saturated carbocycles. The van der Waals surface area contributed by atoms with Crippen LogP contribution in [0.4, 0.5) is 5.69 Å². The average Bonchev–Trinajstić information content (AvgIpc) is 3.39. The third kappa shape index (κ3) is 3.56. The smallest absolute Gasteiger partial charge is 0.181 e. The zero-order valence-electron chi connectivity index (χ0n) is 14.2. The first-order valence-corrected chi connectivity index (χ1v) is 8.72. The third-order valence-corrected chi connectivity index (χ3v) is 4.63. The SMILES string of the molecule is CC(Nc1ccc(-c2n[nH]c(C3CC3)n2)cc1)c1cccc(CO)c1. The summed E-state index contributed by atoms with van der Waals surface area (Å²) in [4.78, 5) is 4.59. The van der Waals surface area contributed by atoms with Gasteiger partial charge in [0.2, 0.25) is 0 Å². The van der Waals surface area contributed by atoms with Crippen LogP contribution in [0.15, 0.2) is 48.5 Å². The lowest BCUT2D eigenvalue weighted by molar-refractivity contribution is 0.281. The lowest BCUT2D eigenvalue weighted by Gasteiger charge is -2.16. The fourth-order valence-corrected chi connectivity index (χ4v) is 2.95. The number of nitrogens with one attached hydrogen (secondary N) is 2. The van der Waals surface area contributed by atoms with E-state index in [1.807, 2.05) is 30.3 Å². The molecule has 0 spiro atoms. The minimum atomic E-state index is 0.0643. The molecule has 2 aromatic carbocycles. The molecule has 1 atom stereocenters. The molecule has 128 valence electrons. The van der Waals surface area contributed by atoms with Crippen molar-refractivity contribution in [1.82, 2.24) is 15.2 Å². The summed E-state index contributed by atoms with van der Waals surface area (Å²) >= 11 is 0. The number of nitrogens with zero attached hydrogens (tertiary/aromatic N) is 2. The Morgan fingerprint density at radius 1 is 1.20 bits per heavy atom. The predicted molar refractivity (Wildman–Crippen MR) is 98.2 cm³/mol. The van der Waals surface area contributed by atoms with Crippen LogP contribution in [0.2, 0.25) is 0 Å². The summed E-state index contributed by atoms with van der Waals surface area (Å²) in [5.74, 6) is 2.35. The molecule has 1 aromatic heterocycles. The minimum absolute atomic E-state index is 0.0643. The lowest BCUT2D eigenvalue weighted by atomic mass is 10.0. The third-order valence-electron chi connectivity index (χ3n) is 4.63. The molecule has 0 radical (unpaired) electrons. The first-order valence-electron chi connectivity index (χ1n) is 8.72. The Balaban J connectivity index is 1.45. The summed E-state index contributed by atoms with van der Waals surface area (Å²) < 4.78 is 0. The first-order chi connectivity index (χ1) is 12.2. The van der Waals surface area contributed by atoms with E-state index in [4.69, 9.17) is 0 Å². The van der Waals surface area contributed by atoms with Crippen molar-refractivity contribution >= 4 is 5.69 Å². The van der Waals surface area contributed by atoms with Gasteiger partial charge >= 0.3 is 0 Å². The van der Waals surface area contributed by atoms with Crippen LogP contribution in [0, 0.1) is 0 Å². The molecule has 1 aliphatic rings. The van der Waals surface area contributed by atoms with Crippen LogP contribution in [0.5, 0.6) is 0 Å². The van der Waals surface area contributed by atoms with Crippen LogP contribution in [0.25, 0.3) is 11.4 Å². The molecular formula is C20H22N4O. The average molecular weight is 334 g/mol. The van der Waals surface area contributed by atoms with Crippen molar-refractivity contribution in [3.63, 3.8) is 0 Å². The van der Waals surface area contributed by atoms with E-state index in [1.54, 1.807) is 0 Å². The molecule has 5 heteroatoms. The van der Waals surface area contributed by atoms with E-state index in [-0.39, 0.29) is 12.6 Å². The van der Waals surface area contributed by atoms with Gasteiger partial charge in [-0.3, -0.25) is 5.10 Å². The van der Waals surface area contributed by atoms with Gasteiger partial charge in [-0.2, -0.15) is 5.10 Å². The van der Waals surface area contributed by atoms with E-state index in [1.165, 1.54) is 12.8 Å². The van der Waals surface area contributed by atoms with Gasteiger partial charge in [-0.25, -0.2) is 4.98 Å². The van der Waals surface area contributed by atoms with Crippen LogP contribution < -0.4 is 5.32 Å². The normalized spacial score (nSPS) is 15.1. The predicted octanol–water partition coefficient (Wildman–Crippen LogP) is 4.01. The Labute approximate surface area is 147 Å². The topological polar surface area (TPSA) is 73.8 Å². The van der Waals surface area contributed by atoms with Gasteiger partial charge in [-0.1, -0.05) is 24.3 Å². The molecule has 3 N–H and O–H groups in total. The van der Waals surface area contributed by atoms with Crippen molar-refractivity contribution in [3.05, 3.63) is 65.5 Å². The number of aliphatic hydroxyl groups is 1. The Morgan fingerprint density at radius 3 is 2.72 bits per heavy atom. The lowest BCUT2D eigenvalue weighted by Crippen LogP contribution is -2.06. The summed E-state index contributed by atoms with van der Waals surface area (Å²) in [6, 6.07) is 16.3. The van der Waals surface area contributed by atoms with Gasteiger partial charge in [0.15, 0.2) is 5.82 Å². The van der Waals surface area contributed by atoms with Crippen LogP contribution in [0.1, 0.15) is 48.7 Å². The molecule has 0 aliphatic heterocycles. The Morgan fingerprint density at radius 2 is 2.00 bits per heavy atom. The van der Waals surface area contributed by atoms with Crippen molar-refractivity contribution in [3.8, 4) is 11.4 Å². The van der Waals surface area contributed by atoms with E-state index in [0.29, 0.717) is 5.92 Å². The quantitative estimate of drug-likeness (QED) is 0.637. The first kappa shape index (κ1) is 15.8. The van der Waals surface area contributed by atoms with Crippen LogP contribution in [0.3, 0.4) is 0 Å². The number of hydrogen-bond donors (Lipinski definition) is 3. The van der Waals surface area contributed by atoms with E-state index in [9.17, 15) is 5.11 Å². The molecule has 0 bridgehead atoms. The minimum Gasteiger partial charge on any atom is -0.392 e. The van der Waals surface area contributed by atoms with Gasteiger partial charge in [0.05, 0.1) is 6.61 Å². The molecule has 1 fully saturated rings. The van der Waals surface area contributed by atoms with Crippen molar-refractivity contribution < 1.29 is 5.11 Å². The molecule has 1 aliphatic carbocycles. The van der Waals surface area contributed by atoms with Gasteiger partial charge in [0, 0.05) is 23.2 Å². The van der Waals surface area contributed by atoms with E-state index in [2.05, 4.69) is 45.6 Å². The number of H-pyrrole nitrogens is 1. The maximum Gasteiger partial charge on any atom is 0.181 e. The second kappa shape index (κ2) is 6.69. The number of anilines is 1. The Kier molecular flexibility index (Phi) is 4.24. The van der Waals surface area contributed by atoms with Gasteiger partial charge in [-0.05, 0) is 55.2 Å². The summed E-state index contributed by atoms with van der Waals surface area (Å²) in [5, 5.41) is 20.1. The monoisotopic (exact) mass is 334 g/mol. The molecule has 5 nitrogen and oxygen atoms in total. The molecule has 0 saturated heterocycles. The fourth-order valence-electron chi connectivity index (χ4n) is 2.95. The summed E-state index contributed by atoms with van der Waals surface area (Å²) in [6.45, 7) is 2.18. The molecule has 1 heterocycles. The molecule has 1 unspecified atom stereocenters. The molecule has 4 rings (SSSR count). The zero-order chi connectivity index (χ0) is 17.2. The number of aromatic nitrogens is 3. The van der Waals surface area contributed by atoms with Crippen LogP contribution in [-0.4, -0.2) is 20.3 Å². The van der Waals surface area contributed by atoms with Crippen LogP contribution in [-0.2, 0) is 6.61 Å². The summed E-state index contributed by atoms with van der Waals surface area (Å²) in [6.07, 6.45) is 2.43. The number of aromatic amines is 1. The Bertz CT molecular complexity index is 852.